The van der Waals surface area contributed by atoms with E-state index in [0.29, 0.717) is 5.56 Å². The Morgan fingerprint density at radius 3 is 2.53 bits per heavy atom. The normalized spacial score (nSPS) is 10.1. The van der Waals surface area contributed by atoms with E-state index in [-0.39, 0.29) is 10.6 Å². The molecule has 0 fully saturated rings. The van der Waals surface area contributed by atoms with Crippen LogP contribution in [-0.2, 0) is 0 Å². The first-order chi connectivity index (χ1) is 7.06. The van der Waals surface area contributed by atoms with Crippen LogP contribution in [0.5, 0.6) is 0 Å². The molecule has 4 nitrogen and oxygen atoms in total. The molecule has 15 heavy (non-hydrogen) atoms. The highest BCUT2D eigenvalue weighted by molar-refractivity contribution is 5.59. The summed E-state index contributed by atoms with van der Waals surface area (Å²) in [5.74, 6) is 0. The molecule has 0 amide bonds. The fourth-order valence-electron chi connectivity index (χ4n) is 1.45. The maximum atomic E-state index is 10.7. The zero-order valence-electron chi connectivity index (χ0n) is 9.33. The summed E-state index contributed by atoms with van der Waals surface area (Å²) in [6.45, 7) is 6.61. The number of hydrogen-bond acceptors (Lipinski definition) is 3. The molecule has 0 spiro atoms. The maximum absolute atomic E-state index is 10.7. The van der Waals surface area contributed by atoms with Crippen LogP contribution in [0.2, 0.25) is 0 Å². The molecule has 0 atom stereocenters. The zero-order chi connectivity index (χ0) is 11.4. The van der Waals surface area contributed by atoms with E-state index >= 15 is 0 Å². The van der Waals surface area contributed by atoms with Gasteiger partial charge in [0, 0.05) is 23.9 Å². The number of nitro groups is 1. The molecule has 1 N–H and O–H groups in total. The molecular formula is C11H16N2O2. The number of aryl methyl sites for hydroxylation is 2. The SMILES string of the molecule is CCCNc1cc(C)c([N+](=O)[O-])cc1C. The molecule has 0 aliphatic heterocycles. The van der Waals surface area contributed by atoms with Crippen LogP contribution in [0.1, 0.15) is 24.5 Å². The van der Waals surface area contributed by atoms with Crippen molar-refractivity contribution in [2.45, 2.75) is 27.2 Å². The zero-order valence-corrected chi connectivity index (χ0v) is 9.33. The Morgan fingerprint density at radius 1 is 1.33 bits per heavy atom. The van der Waals surface area contributed by atoms with Gasteiger partial charge >= 0.3 is 0 Å². The van der Waals surface area contributed by atoms with Gasteiger partial charge in [-0.1, -0.05) is 6.92 Å². The van der Waals surface area contributed by atoms with E-state index < -0.39 is 0 Å². The van der Waals surface area contributed by atoms with Gasteiger partial charge in [0.1, 0.15) is 0 Å². The lowest BCUT2D eigenvalue weighted by molar-refractivity contribution is -0.385. The molecule has 1 aromatic rings. The topological polar surface area (TPSA) is 55.2 Å². The van der Waals surface area contributed by atoms with Crippen molar-refractivity contribution in [3.63, 3.8) is 0 Å². The Hall–Kier alpha value is -1.58. The summed E-state index contributed by atoms with van der Waals surface area (Å²) < 4.78 is 0. The summed E-state index contributed by atoms with van der Waals surface area (Å²) >= 11 is 0. The smallest absolute Gasteiger partial charge is 0.272 e. The Labute approximate surface area is 89.5 Å². The van der Waals surface area contributed by atoms with Crippen molar-refractivity contribution in [2.24, 2.45) is 0 Å². The Morgan fingerprint density at radius 2 is 2.00 bits per heavy atom. The van der Waals surface area contributed by atoms with Gasteiger partial charge in [0.05, 0.1) is 4.92 Å². The molecule has 0 aromatic heterocycles. The van der Waals surface area contributed by atoms with Crippen molar-refractivity contribution in [3.8, 4) is 0 Å². The van der Waals surface area contributed by atoms with Crippen molar-refractivity contribution < 1.29 is 4.92 Å². The van der Waals surface area contributed by atoms with Gasteiger partial charge in [0.15, 0.2) is 0 Å². The van der Waals surface area contributed by atoms with Crippen molar-refractivity contribution in [1.29, 1.82) is 0 Å². The van der Waals surface area contributed by atoms with Crippen LogP contribution in [0.25, 0.3) is 0 Å². The van der Waals surface area contributed by atoms with Gasteiger partial charge < -0.3 is 5.32 Å². The first-order valence-corrected chi connectivity index (χ1v) is 5.05. The highest BCUT2D eigenvalue weighted by Gasteiger charge is 2.12. The monoisotopic (exact) mass is 208 g/mol. The van der Waals surface area contributed by atoms with Crippen molar-refractivity contribution in [3.05, 3.63) is 33.4 Å². The fraction of sp³-hybridized carbons (Fsp3) is 0.455. The molecule has 0 unspecified atom stereocenters. The second-order valence-electron chi connectivity index (χ2n) is 3.64. The van der Waals surface area contributed by atoms with Gasteiger partial charge in [-0.15, -0.1) is 0 Å². The Balaban J connectivity index is 3.02. The number of hydrogen-bond donors (Lipinski definition) is 1. The van der Waals surface area contributed by atoms with Crippen LogP contribution >= 0.6 is 0 Å². The van der Waals surface area contributed by atoms with Gasteiger partial charge in [0.25, 0.3) is 5.69 Å². The largest absolute Gasteiger partial charge is 0.385 e. The number of nitro benzene ring substituents is 1. The standard InChI is InChI=1S/C11H16N2O2/c1-4-5-12-10-6-9(3)11(13(14)15)7-8(10)2/h6-7,12H,4-5H2,1-3H3. The summed E-state index contributed by atoms with van der Waals surface area (Å²) in [5, 5.41) is 13.9. The van der Waals surface area contributed by atoms with Gasteiger partial charge in [0.2, 0.25) is 0 Å². The van der Waals surface area contributed by atoms with Gasteiger partial charge in [-0.25, -0.2) is 0 Å². The quantitative estimate of drug-likeness (QED) is 0.611. The third kappa shape index (κ3) is 2.68. The van der Waals surface area contributed by atoms with Crippen molar-refractivity contribution >= 4 is 11.4 Å². The highest BCUT2D eigenvalue weighted by Crippen LogP contribution is 2.25. The van der Waals surface area contributed by atoms with E-state index in [1.165, 1.54) is 0 Å². The third-order valence-electron chi connectivity index (χ3n) is 2.31. The molecule has 0 saturated carbocycles. The van der Waals surface area contributed by atoms with E-state index in [1.807, 2.05) is 13.0 Å². The summed E-state index contributed by atoms with van der Waals surface area (Å²) in [4.78, 5) is 10.3. The predicted octanol–water partition coefficient (Wildman–Crippen LogP) is 3.03. The number of nitrogens with one attached hydrogen (secondary N) is 1. The second kappa shape index (κ2) is 4.77. The van der Waals surface area contributed by atoms with Crippen LogP contribution in [0.15, 0.2) is 12.1 Å². The molecular weight excluding hydrogens is 192 g/mol. The average Bonchev–Trinajstić information content (AvgIpc) is 2.18. The first-order valence-electron chi connectivity index (χ1n) is 5.05. The lowest BCUT2D eigenvalue weighted by Crippen LogP contribution is -2.03. The summed E-state index contributed by atoms with van der Waals surface area (Å²) in [5.41, 5.74) is 2.79. The minimum Gasteiger partial charge on any atom is -0.385 e. The van der Waals surface area contributed by atoms with Crippen LogP contribution in [0.4, 0.5) is 11.4 Å². The van der Waals surface area contributed by atoms with Crippen LogP contribution < -0.4 is 5.32 Å². The van der Waals surface area contributed by atoms with E-state index in [4.69, 9.17) is 0 Å². The molecule has 0 bridgehead atoms. The molecule has 0 heterocycles. The lowest BCUT2D eigenvalue weighted by atomic mass is 10.1. The number of anilines is 1. The fourth-order valence-corrected chi connectivity index (χ4v) is 1.45. The molecule has 0 aliphatic carbocycles. The summed E-state index contributed by atoms with van der Waals surface area (Å²) in [7, 11) is 0. The van der Waals surface area contributed by atoms with Crippen molar-refractivity contribution in [1.82, 2.24) is 0 Å². The minimum atomic E-state index is -0.341. The third-order valence-corrected chi connectivity index (χ3v) is 2.31. The molecule has 0 radical (unpaired) electrons. The molecule has 4 heteroatoms. The molecule has 0 saturated heterocycles. The molecule has 1 rings (SSSR count). The van der Waals surface area contributed by atoms with Gasteiger partial charge in [-0.05, 0) is 31.9 Å². The van der Waals surface area contributed by atoms with E-state index in [0.717, 1.165) is 24.2 Å². The molecule has 82 valence electrons. The first kappa shape index (κ1) is 11.5. The van der Waals surface area contributed by atoms with Crippen molar-refractivity contribution in [2.75, 3.05) is 11.9 Å². The van der Waals surface area contributed by atoms with Crippen LogP contribution in [0, 0.1) is 24.0 Å². The number of rotatable bonds is 4. The average molecular weight is 208 g/mol. The number of benzene rings is 1. The van der Waals surface area contributed by atoms with E-state index in [2.05, 4.69) is 12.2 Å². The maximum Gasteiger partial charge on any atom is 0.272 e. The summed E-state index contributed by atoms with van der Waals surface area (Å²) in [6, 6.07) is 3.45. The summed E-state index contributed by atoms with van der Waals surface area (Å²) in [6.07, 6.45) is 1.04. The van der Waals surface area contributed by atoms with Crippen LogP contribution in [-0.4, -0.2) is 11.5 Å². The van der Waals surface area contributed by atoms with E-state index in [9.17, 15) is 10.1 Å². The Kier molecular flexibility index (Phi) is 3.66. The Bertz CT molecular complexity index is 375. The van der Waals surface area contributed by atoms with Gasteiger partial charge in [-0.2, -0.15) is 0 Å². The second-order valence-corrected chi connectivity index (χ2v) is 3.64. The molecule has 1 aromatic carbocycles. The highest BCUT2D eigenvalue weighted by atomic mass is 16.6. The molecule has 0 aliphatic rings. The van der Waals surface area contributed by atoms with E-state index in [1.54, 1.807) is 13.0 Å². The predicted molar refractivity (Wildman–Crippen MR) is 61.4 cm³/mol. The van der Waals surface area contributed by atoms with Gasteiger partial charge in [-0.3, -0.25) is 10.1 Å². The minimum absolute atomic E-state index is 0.189. The lowest BCUT2D eigenvalue weighted by Gasteiger charge is -2.09. The number of nitrogens with zero attached hydrogens (tertiary/aromatic N) is 1. The van der Waals surface area contributed by atoms with Crippen LogP contribution in [0.3, 0.4) is 0 Å².